The summed E-state index contributed by atoms with van der Waals surface area (Å²) >= 11 is 1.44. The third kappa shape index (κ3) is 3.57. The van der Waals surface area contributed by atoms with Crippen molar-refractivity contribution < 1.29 is 9.59 Å². The van der Waals surface area contributed by atoms with Crippen molar-refractivity contribution in [3.05, 3.63) is 64.9 Å². The molecule has 3 heterocycles. The first-order valence-corrected chi connectivity index (χ1v) is 10.1. The van der Waals surface area contributed by atoms with Crippen molar-refractivity contribution in [1.82, 2.24) is 14.5 Å². The number of hydrogen-bond donors (Lipinski definition) is 0. The lowest BCUT2D eigenvalue weighted by atomic mass is 10.1. The molecule has 0 radical (unpaired) electrons. The lowest BCUT2D eigenvalue weighted by molar-refractivity contribution is 0.0750. The van der Waals surface area contributed by atoms with E-state index in [0.29, 0.717) is 18.0 Å². The minimum Gasteiger partial charge on any atom is -0.368 e. The predicted molar refractivity (Wildman–Crippen MR) is 111 cm³/mol. The molecule has 0 atom stereocenters. The second kappa shape index (κ2) is 7.59. The summed E-state index contributed by atoms with van der Waals surface area (Å²) in [5, 5.41) is 0.815. The molecule has 1 fully saturated rings. The highest BCUT2D eigenvalue weighted by atomic mass is 32.1. The van der Waals surface area contributed by atoms with Gasteiger partial charge in [-0.3, -0.25) is 9.59 Å². The van der Waals surface area contributed by atoms with E-state index in [2.05, 4.69) is 9.88 Å². The molecule has 0 unspecified atom stereocenters. The van der Waals surface area contributed by atoms with Crippen LogP contribution in [0.4, 0.5) is 5.69 Å². The SMILES string of the molecule is CC(=O)c1ccc(N2CCN(C(=O)c3sc(-n4cccc4)nc3C)CC2)cc1. The Hall–Kier alpha value is -2.93. The van der Waals surface area contributed by atoms with Gasteiger partial charge in [0.25, 0.3) is 5.91 Å². The van der Waals surface area contributed by atoms with Gasteiger partial charge in [-0.1, -0.05) is 11.3 Å². The maximum Gasteiger partial charge on any atom is 0.266 e. The van der Waals surface area contributed by atoms with Crippen LogP contribution in [-0.4, -0.2) is 52.3 Å². The second-order valence-electron chi connectivity index (χ2n) is 6.88. The quantitative estimate of drug-likeness (QED) is 0.637. The van der Waals surface area contributed by atoms with Crippen molar-refractivity contribution in [2.75, 3.05) is 31.1 Å². The molecule has 7 heteroatoms. The first-order valence-electron chi connectivity index (χ1n) is 9.29. The van der Waals surface area contributed by atoms with E-state index >= 15 is 0 Å². The van der Waals surface area contributed by atoms with Gasteiger partial charge in [-0.25, -0.2) is 4.98 Å². The van der Waals surface area contributed by atoms with Gasteiger partial charge in [0.1, 0.15) is 4.88 Å². The lowest BCUT2D eigenvalue weighted by Crippen LogP contribution is -2.48. The van der Waals surface area contributed by atoms with E-state index in [0.717, 1.165) is 35.2 Å². The molecule has 144 valence electrons. The summed E-state index contributed by atoms with van der Waals surface area (Å²) in [6.07, 6.45) is 3.87. The number of carbonyl (C=O) groups is 2. The molecule has 1 aliphatic heterocycles. The van der Waals surface area contributed by atoms with Crippen LogP contribution in [0.2, 0.25) is 0 Å². The van der Waals surface area contributed by atoms with Crippen LogP contribution in [0.25, 0.3) is 5.13 Å². The number of nitrogens with zero attached hydrogens (tertiary/aromatic N) is 4. The fourth-order valence-corrected chi connectivity index (χ4v) is 4.37. The Morgan fingerprint density at radius 1 is 1.00 bits per heavy atom. The highest BCUT2D eigenvalue weighted by Crippen LogP contribution is 2.25. The third-order valence-electron chi connectivity index (χ3n) is 5.01. The molecule has 0 spiro atoms. The van der Waals surface area contributed by atoms with Crippen LogP contribution in [-0.2, 0) is 0 Å². The van der Waals surface area contributed by atoms with Gasteiger partial charge in [-0.2, -0.15) is 0 Å². The molecule has 4 rings (SSSR count). The number of rotatable bonds is 4. The van der Waals surface area contributed by atoms with Gasteiger partial charge in [0, 0.05) is 49.8 Å². The summed E-state index contributed by atoms with van der Waals surface area (Å²) < 4.78 is 1.93. The zero-order valence-corrected chi connectivity index (χ0v) is 16.8. The highest BCUT2D eigenvalue weighted by Gasteiger charge is 2.25. The number of carbonyl (C=O) groups excluding carboxylic acids is 2. The number of benzene rings is 1. The maximum atomic E-state index is 13.0. The first-order chi connectivity index (χ1) is 13.5. The van der Waals surface area contributed by atoms with Gasteiger partial charge in [-0.05, 0) is 50.2 Å². The zero-order valence-electron chi connectivity index (χ0n) is 16.0. The number of amides is 1. The minimum absolute atomic E-state index is 0.0555. The van der Waals surface area contributed by atoms with Crippen molar-refractivity contribution in [2.24, 2.45) is 0 Å². The van der Waals surface area contributed by atoms with E-state index in [1.165, 1.54) is 11.3 Å². The normalized spacial score (nSPS) is 14.4. The van der Waals surface area contributed by atoms with Crippen LogP contribution >= 0.6 is 11.3 Å². The number of piperazine rings is 1. The number of Topliss-reactive ketones (excluding diaryl/α,β-unsaturated/α-hetero) is 1. The van der Waals surface area contributed by atoms with Gasteiger partial charge < -0.3 is 14.4 Å². The molecule has 1 aromatic carbocycles. The van der Waals surface area contributed by atoms with E-state index in [1.807, 2.05) is 65.2 Å². The molecule has 0 saturated carbocycles. The summed E-state index contributed by atoms with van der Waals surface area (Å²) in [5.41, 5.74) is 2.58. The number of thiazole rings is 1. The summed E-state index contributed by atoms with van der Waals surface area (Å²) in [7, 11) is 0. The van der Waals surface area contributed by atoms with E-state index in [9.17, 15) is 9.59 Å². The monoisotopic (exact) mass is 394 g/mol. The van der Waals surface area contributed by atoms with Gasteiger partial charge in [-0.15, -0.1) is 0 Å². The van der Waals surface area contributed by atoms with Crippen molar-refractivity contribution in [2.45, 2.75) is 13.8 Å². The average molecular weight is 395 g/mol. The Kier molecular flexibility index (Phi) is 5.00. The molecule has 0 aliphatic carbocycles. The van der Waals surface area contributed by atoms with Crippen molar-refractivity contribution in [1.29, 1.82) is 0 Å². The number of aryl methyl sites for hydroxylation is 1. The zero-order chi connectivity index (χ0) is 19.7. The van der Waals surface area contributed by atoms with Gasteiger partial charge in [0.2, 0.25) is 0 Å². The molecule has 1 aliphatic rings. The Bertz CT molecular complexity index is 984. The number of aromatic nitrogens is 2. The molecular formula is C21H22N4O2S. The van der Waals surface area contributed by atoms with E-state index in [-0.39, 0.29) is 11.7 Å². The summed E-state index contributed by atoms with van der Waals surface area (Å²) in [6.45, 7) is 6.35. The van der Waals surface area contributed by atoms with E-state index in [4.69, 9.17) is 0 Å². The van der Waals surface area contributed by atoms with Crippen molar-refractivity contribution >= 4 is 28.7 Å². The fourth-order valence-electron chi connectivity index (χ4n) is 3.37. The molecule has 1 saturated heterocycles. The highest BCUT2D eigenvalue weighted by molar-refractivity contribution is 7.16. The Labute approximate surface area is 168 Å². The molecule has 0 N–H and O–H groups in total. The topological polar surface area (TPSA) is 58.4 Å². The molecular weight excluding hydrogens is 372 g/mol. The van der Waals surface area contributed by atoms with Crippen LogP contribution in [0, 0.1) is 6.92 Å². The first kappa shape index (κ1) is 18.4. The second-order valence-corrected chi connectivity index (χ2v) is 7.86. The Balaban J connectivity index is 1.42. The largest absolute Gasteiger partial charge is 0.368 e. The molecule has 2 aromatic heterocycles. The fraction of sp³-hybridized carbons (Fsp3) is 0.286. The third-order valence-corrected chi connectivity index (χ3v) is 6.17. The smallest absolute Gasteiger partial charge is 0.266 e. The maximum absolute atomic E-state index is 13.0. The average Bonchev–Trinajstić information content (AvgIpc) is 3.37. The Morgan fingerprint density at radius 3 is 2.25 bits per heavy atom. The standard InChI is InChI=1S/C21H22N4O2S/c1-15-19(28-21(22-15)25-9-3-4-10-25)20(27)24-13-11-23(12-14-24)18-7-5-17(6-8-18)16(2)26/h3-10H,11-14H2,1-2H3. The van der Waals surface area contributed by atoms with Gasteiger partial charge >= 0.3 is 0 Å². The molecule has 3 aromatic rings. The predicted octanol–water partition coefficient (Wildman–Crippen LogP) is 3.41. The van der Waals surface area contributed by atoms with Crippen LogP contribution in [0.5, 0.6) is 0 Å². The van der Waals surface area contributed by atoms with Gasteiger partial charge in [0.05, 0.1) is 5.69 Å². The van der Waals surface area contributed by atoms with Crippen LogP contribution < -0.4 is 4.90 Å². The number of hydrogen-bond acceptors (Lipinski definition) is 5. The number of ketones is 1. The van der Waals surface area contributed by atoms with E-state index in [1.54, 1.807) is 6.92 Å². The van der Waals surface area contributed by atoms with Crippen molar-refractivity contribution in [3.8, 4) is 5.13 Å². The molecule has 1 amide bonds. The van der Waals surface area contributed by atoms with Crippen LogP contribution in [0.1, 0.15) is 32.6 Å². The van der Waals surface area contributed by atoms with Crippen molar-refractivity contribution in [3.63, 3.8) is 0 Å². The van der Waals surface area contributed by atoms with Crippen LogP contribution in [0.15, 0.2) is 48.8 Å². The number of anilines is 1. The van der Waals surface area contributed by atoms with Crippen LogP contribution in [0.3, 0.4) is 0 Å². The molecule has 6 nitrogen and oxygen atoms in total. The summed E-state index contributed by atoms with van der Waals surface area (Å²) in [4.78, 5) is 33.8. The van der Waals surface area contributed by atoms with E-state index < -0.39 is 0 Å². The Morgan fingerprint density at radius 2 is 1.64 bits per heavy atom. The summed E-state index contributed by atoms with van der Waals surface area (Å²) in [5.74, 6) is 0.126. The summed E-state index contributed by atoms with van der Waals surface area (Å²) in [6, 6.07) is 11.6. The van der Waals surface area contributed by atoms with Gasteiger partial charge in [0.15, 0.2) is 10.9 Å². The minimum atomic E-state index is 0.0555. The lowest BCUT2D eigenvalue weighted by Gasteiger charge is -2.36. The molecule has 0 bridgehead atoms. The molecule has 28 heavy (non-hydrogen) atoms.